The lowest BCUT2D eigenvalue weighted by Crippen LogP contribution is -2.20. The second-order valence-corrected chi connectivity index (χ2v) is 1.81. The minimum absolute atomic E-state index is 0.449. The van der Waals surface area contributed by atoms with Gasteiger partial charge >= 0.3 is 0 Å². The molecule has 1 aromatic rings. The number of carbonyl (C=O) groups excluding carboxylic acids is 1. The van der Waals surface area contributed by atoms with Gasteiger partial charge in [0.2, 0.25) is 0 Å². The molecule has 1 rings (SSSR count). The van der Waals surface area contributed by atoms with E-state index >= 15 is 0 Å². The van der Waals surface area contributed by atoms with Crippen LogP contribution >= 0.6 is 0 Å². The molecule has 2 radical (unpaired) electrons. The molecule has 50 valence electrons. The van der Waals surface area contributed by atoms with Crippen LogP contribution in [0.4, 0.5) is 0 Å². The summed E-state index contributed by atoms with van der Waals surface area (Å²) in [5.74, 6) is 7.70. The molecule has 0 spiro atoms. The van der Waals surface area contributed by atoms with Gasteiger partial charge in [-0.3, -0.25) is 10.2 Å². The Bertz CT molecular complexity index is 220. The third-order valence-electron chi connectivity index (χ3n) is 1.14. The molecule has 0 unspecified atom stereocenters. The molecule has 3 nitrogen and oxygen atoms in total. The number of benzene rings is 1. The van der Waals surface area contributed by atoms with E-state index in [0.29, 0.717) is 5.56 Å². The van der Waals surface area contributed by atoms with Crippen LogP contribution < -0.4 is 11.3 Å². The number of nitrogens with one attached hydrogen (secondary N) is 1. The summed E-state index contributed by atoms with van der Waals surface area (Å²) in [7, 11) is 0. The molecule has 0 aliphatic rings. The van der Waals surface area contributed by atoms with Gasteiger partial charge in [0, 0.05) is 5.56 Å². The van der Waals surface area contributed by atoms with E-state index in [-0.39, 0.29) is 0 Å². The first-order chi connectivity index (χ1) is 4.84. The van der Waals surface area contributed by atoms with Crippen LogP contribution in [0.3, 0.4) is 0 Å². The topological polar surface area (TPSA) is 51.4 Å². The smallest absolute Gasteiger partial charge is 0.267 e. The van der Waals surface area contributed by atoms with E-state index in [1.165, 1.54) is 0 Å². The highest BCUT2D eigenvalue weighted by Crippen LogP contribution is 1.96. The van der Waals surface area contributed by atoms with Crippen molar-refractivity contribution >= 4 is 5.91 Å². The van der Waals surface area contributed by atoms with Crippen molar-refractivity contribution < 1.29 is 4.79 Å². The molecule has 0 bridgehead atoms. The normalized spacial score (nSPS) is 8.90. The second-order valence-electron chi connectivity index (χ2n) is 1.81. The Hall–Kier alpha value is -1.35. The van der Waals surface area contributed by atoms with Crippen molar-refractivity contribution in [1.82, 2.24) is 11.3 Å². The number of nitrogens with zero attached hydrogens (tertiary/aromatic N) is 1. The number of hydrogen-bond donors (Lipinski definition) is 1. The Morgan fingerprint density at radius 2 is 1.90 bits per heavy atom. The second kappa shape index (κ2) is 2.98. The van der Waals surface area contributed by atoms with Crippen LogP contribution in [0.5, 0.6) is 0 Å². The van der Waals surface area contributed by atoms with E-state index < -0.39 is 5.91 Å². The molecule has 0 fully saturated rings. The number of rotatable bonds is 1. The minimum Gasteiger partial charge on any atom is -0.268 e. The summed E-state index contributed by atoms with van der Waals surface area (Å²) >= 11 is 0. The minimum atomic E-state index is -0.486. The first kappa shape index (κ1) is 6.77. The van der Waals surface area contributed by atoms with Crippen LogP contribution in [0.1, 0.15) is 10.4 Å². The quantitative estimate of drug-likeness (QED) is 0.555. The summed E-state index contributed by atoms with van der Waals surface area (Å²) < 4.78 is 0. The summed E-state index contributed by atoms with van der Waals surface area (Å²) in [6.07, 6.45) is 0. The van der Waals surface area contributed by atoms with Crippen LogP contribution in [0.2, 0.25) is 0 Å². The van der Waals surface area contributed by atoms with Crippen LogP contribution in [-0.2, 0) is 0 Å². The Morgan fingerprint density at radius 1 is 1.30 bits per heavy atom. The molecule has 0 aliphatic carbocycles. The fraction of sp³-hybridized carbons (Fsp3) is 0. The highest BCUT2D eigenvalue weighted by Gasteiger charge is 1.99. The van der Waals surface area contributed by atoms with Gasteiger partial charge in [0.15, 0.2) is 0 Å². The van der Waals surface area contributed by atoms with Gasteiger partial charge in [-0.1, -0.05) is 18.2 Å². The highest BCUT2D eigenvalue weighted by molar-refractivity contribution is 5.93. The van der Waals surface area contributed by atoms with Crippen LogP contribution in [-0.4, -0.2) is 5.91 Å². The maximum Gasteiger partial charge on any atom is 0.267 e. The van der Waals surface area contributed by atoms with E-state index in [4.69, 9.17) is 5.84 Å². The van der Waals surface area contributed by atoms with Gasteiger partial charge in [0.1, 0.15) is 0 Å². The molecule has 0 heterocycles. The van der Waals surface area contributed by atoms with Crippen molar-refractivity contribution in [1.29, 1.82) is 0 Å². The van der Waals surface area contributed by atoms with E-state index in [9.17, 15) is 4.79 Å². The fourth-order valence-corrected chi connectivity index (χ4v) is 0.654. The van der Waals surface area contributed by atoms with Crippen LogP contribution in [0, 0.1) is 0 Å². The Labute approximate surface area is 58.8 Å². The lowest BCUT2D eigenvalue weighted by molar-refractivity contribution is 0.0950. The Morgan fingerprint density at radius 3 is 2.40 bits per heavy atom. The molecular weight excluding hydrogens is 128 g/mol. The summed E-state index contributed by atoms with van der Waals surface area (Å²) in [6, 6.07) is 8.49. The van der Waals surface area contributed by atoms with E-state index in [0.717, 1.165) is 0 Å². The summed E-state index contributed by atoms with van der Waals surface area (Å²) in [5, 5.41) is 0. The largest absolute Gasteiger partial charge is 0.268 e. The molecule has 0 aromatic heterocycles. The lowest BCUT2D eigenvalue weighted by Gasteiger charge is -1.93. The zero-order chi connectivity index (χ0) is 7.40. The molecular formula is C7H6N2O. The molecule has 0 atom stereocenters. The van der Waals surface area contributed by atoms with Gasteiger partial charge in [-0.05, 0) is 18.0 Å². The maximum atomic E-state index is 10.7. The Kier molecular flexibility index (Phi) is 2.02. The SMILES string of the molecule is [N]NC(=O)c1ccccc1. The van der Waals surface area contributed by atoms with Crippen molar-refractivity contribution in [3.63, 3.8) is 0 Å². The summed E-state index contributed by atoms with van der Waals surface area (Å²) in [6.45, 7) is 0. The van der Waals surface area contributed by atoms with Crippen LogP contribution in [0.25, 0.3) is 0 Å². The predicted molar refractivity (Wildman–Crippen MR) is 36.0 cm³/mol. The maximum absolute atomic E-state index is 10.7. The number of hydrogen-bond acceptors (Lipinski definition) is 1. The Balaban J connectivity index is 2.85. The predicted octanol–water partition coefficient (Wildman–Crippen LogP) is 0.400. The molecule has 3 heteroatoms. The van der Waals surface area contributed by atoms with Crippen molar-refractivity contribution in [2.75, 3.05) is 0 Å². The van der Waals surface area contributed by atoms with Crippen molar-refractivity contribution in [2.45, 2.75) is 0 Å². The van der Waals surface area contributed by atoms with Crippen LogP contribution in [0.15, 0.2) is 30.3 Å². The van der Waals surface area contributed by atoms with Gasteiger partial charge in [0.05, 0.1) is 0 Å². The summed E-state index contributed by atoms with van der Waals surface area (Å²) in [4.78, 5) is 10.7. The van der Waals surface area contributed by atoms with Gasteiger partial charge in [0.25, 0.3) is 5.91 Å². The highest BCUT2D eigenvalue weighted by atomic mass is 16.2. The summed E-state index contributed by atoms with van der Waals surface area (Å²) in [5.41, 5.74) is 1.99. The van der Waals surface area contributed by atoms with Gasteiger partial charge in [-0.15, -0.1) is 0 Å². The average molecular weight is 134 g/mol. The monoisotopic (exact) mass is 134 g/mol. The number of amides is 1. The van der Waals surface area contributed by atoms with Gasteiger partial charge in [-0.2, -0.15) is 0 Å². The molecule has 0 saturated carbocycles. The molecule has 1 aromatic carbocycles. The fourth-order valence-electron chi connectivity index (χ4n) is 0.654. The van der Waals surface area contributed by atoms with Crippen molar-refractivity contribution in [3.05, 3.63) is 35.9 Å². The third-order valence-corrected chi connectivity index (χ3v) is 1.14. The standard InChI is InChI=1S/C7H6N2O/c8-9-7(10)6-4-2-1-3-5-6/h1-5H,(H,9,10). The first-order valence-electron chi connectivity index (χ1n) is 2.84. The zero-order valence-corrected chi connectivity index (χ0v) is 5.24. The number of carbonyl (C=O) groups is 1. The van der Waals surface area contributed by atoms with E-state index in [1.54, 1.807) is 35.8 Å². The van der Waals surface area contributed by atoms with E-state index in [1.807, 2.05) is 0 Å². The first-order valence-corrected chi connectivity index (χ1v) is 2.84. The van der Waals surface area contributed by atoms with Gasteiger partial charge < -0.3 is 0 Å². The molecule has 10 heavy (non-hydrogen) atoms. The van der Waals surface area contributed by atoms with Crippen molar-refractivity contribution in [3.8, 4) is 0 Å². The third kappa shape index (κ3) is 1.33. The zero-order valence-electron chi connectivity index (χ0n) is 5.24. The molecule has 1 N–H and O–H groups in total. The van der Waals surface area contributed by atoms with Gasteiger partial charge in [-0.25, -0.2) is 0 Å². The molecule has 0 saturated heterocycles. The lowest BCUT2D eigenvalue weighted by atomic mass is 10.2. The van der Waals surface area contributed by atoms with Crippen molar-refractivity contribution in [2.24, 2.45) is 0 Å². The van der Waals surface area contributed by atoms with E-state index in [2.05, 4.69) is 0 Å². The molecule has 1 amide bonds. The molecule has 0 aliphatic heterocycles. The average Bonchev–Trinajstić information content (AvgIpc) is 2.05.